The zero-order valence-electron chi connectivity index (χ0n) is 19.5. The molecule has 1 aliphatic rings. The average molecular weight is 494 g/mol. The first-order chi connectivity index (χ1) is 18.1. The standard InChI is InChI=1S/C27H20FN7O2/c28-20-10-16(17-8-18(12-29-11-17)31-27(36)14-2-1-3-14)9-19-23(20)34-35-24(19)26-32-21-4-6-30-22(25(21)33-26)15-5-7-37-13-15/h4-14H,1-3H2,(H,31,36)(H,32,33)(H,34,35). The summed E-state index contributed by atoms with van der Waals surface area (Å²) in [5.41, 5.74) is 5.53. The minimum Gasteiger partial charge on any atom is -0.472 e. The second-order valence-corrected chi connectivity index (χ2v) is 9.19. The largest absolute Gasteiger partial charge is 0.472 e. The molecule has 37 heavy (non-hydrogen) atoms. The smallest absolute Gasteiger partial charge is 0.227 e. The summed E-state index contributed by atoms with van der Waals surface area (Å²) >= 11 is 0. The number of furan rings is 1. The number of imidazole rings is 1. The maximum absolute atomic E-state index is 15.2. The van der Waals surface area contributed by atoms with E-state index in [2.05, 4.69) is 30.5 Å². The van der Waals surface area contributed by atoms with Crippen molar-refractivity contribution >= 4 is 33.5 Å². The van der Waals surface area contributed by atoms with Crippen LogP contribution in [0.3, 0.4) is 0 Å². The van der Waals surface area contributed by atoms with Crippen LogP contribution in [0.25, 0.3) is 55.8 Å². The average Bonchev–Trinajstić information content (AvgIpc) is 3.61. The molecule has 7 rings (SSSR count). The summed E-state index contributed by atoms with van der Waals surface area (Å²) in [6, 6.07) is 8.71. The quantitative estimate of drug-likeness (QED) is 0.283. The topological polar surface area (TPSA) is 125 Å². The Labute approximate surface area is 209 Å². The van der Waals surface area contributed by atoms with Gasteiger partial charge in [-0.25, -0.2) is 9.37 Å². The fourth-order valence-corrected chi connectivity index (χ4v) is 4.67. The molecule has 9 nitrogen and oxygen atoms in total. The molecule has 5 heterocycles. The lowest BCUT2D eigenvalue weighted by molar-refractivity contribution is -0.122. The van der Waals surface area contributed by atoms with Crippen LogP contribution < -0.4 is 5.32 Å². The molecule has 0 aliphatic heterocycles. The van der Waals surface area contributed by atoms with Gasteiger partial charge in [-0.15, -0.1) is 0 Å². The van der Waals surface area contributed by atoms with Crippen LogP contribution in [0.1, 0.15) is 19.3 Å². The molecular formula is C27H20FN7O2. The number of rotatable bonds is 5. The zero-order valence-corrected chi connectivity index (χ0v) is 19.5. The van der Waals surface area contributed by atoms with Gasteiger partial charge in [-0.05, 0) is 48.7 Å². The molecule has 6 aromatic rings. The van der Waals surface area contributed by atoms with Crippen molar-refractivity contribution in [2.24, 2.45) is 5.92 Å². The molecule has 0 saturated heterocycles. The zero-order chi connectivity index (χ0) is 24.9. The number of aromatic nitrogens is 6. The number of nitrogens with one attached hydrogen (secondary N) is 3. The number of anilines is 1. The first-order valence-corrected chi connectivity index (χ1v) is 12.0. The summed E-state index contributed by atoms with van der Waals surface area (Å²) in [6.07, 6.45) is 11.0. The summed E-state index contributed by atoms with van der Waals surface area (Å²) < 4.78 is 20.4. The minimum absolute atomic E-state index is 0.00174. The Morgan fingerprint density at radius 2 is 2.00 bits per heavy atom. The van der Waals surface area contributed by atoms with E-state index in [0.717, 1.165) is 30.3 Å². The number of benzene rings is 1. The van der Waals surface area contributed by atoms with Crippen LogP contribution in [-0.4, -0.2) is 36.0 Å². The van der Waals surface area contributed by atoms with E-state index in [-0.39, 0.29) is 17.3 Å². The van der Waals surface area contributed by atoms with Gasteiger partial charge in [0.25, 0.3) is 0 Å². The van der Waals surface area contributed by atoms with Crippen LogP contribution in [0.4, 0.5) is 10.1 Å². The van der Waals surface area contributed by atoms with Crippen molar-refractivity contribution < 1.29 is 13.6 Å². The third-order valence-corrected chi connectivity index (χ3v) is 6.86. The third kappa shape index (κ3) is 3.65. The van der Waals surface area contributed by atoms with Crippen molar-refractivity contribution in [3.8, 4) is 33.9 Å². The van der Waals surface area contributed by atoms with Crippen LogP contribution in [-0.2, 0) is 4.79 Å². The summed E-state index contributed by atoms with van der Waals surface area (Å²) in [5, 5.41) is 10.7. The number of carbonyl (C=O) groups excluding carboxylic acids is 1. The van der Waals surface area contributed by atoms with E-state index in [1.165, 1.54) is 6.07 Å². The lowest BCUT2D eigenvalue weighted by Gasteiger charge is -2.24. The molecular weight excluding hydrogens is 473 g/mol. The van der Waals surface area contributed by atoms with Crippen LogP contribution >= 0.6 is 0 Å². The number of amides is 1. The van der Waals surface area contributed by atoms with Crippen molar-refractivity contribution in [2.45, 2.75) is 19.3 Å². The molecule has 0 atom stereocenters. The van der Waals surface area contributed by atoms with Crippen molar-refractivity contribution in [1.29, 1.82) is 0 Å². The Bertz CT molecular complexity index is 1780. The van der Waals surface area contributed by atoms with Gasteiger partial charge in [0.2, 0.25) is 5.91 Å². The normalized spacial score (nSPS) is 13.8. The number of hydrogen-bond donors (Lipinski definition) is 3. The molecule has 0 bridgehead atoms. The van der Waals surface area contributed by atoms with Gasteiger partial charge in [-0.1, -0.05) is 6.42 Å². The van der Waals surface area contributed by atoms with E-state index < -0.39 is 5.82 Å². The third-order valence-electron chi connectivity index (χ3n) is 6.86. The van der Waals surface area contributed by atoms with Gasteiger partial charge >= 0.3 is 0 Å². The first-order valence-electron chi connectivity index (χ1n) is 12.0. The highest BCUT2D eigenvalue weighted by molar-refractivity contribution is 5.98. The van der Waals surface area contributed by atoms with Gasteiger partial charge in [-0.2, -0.15) is 5.10 Å². The Morgan fingerprint density at radius 1 is 1.08 bits per heavy atom. The van der Waals surface area contributed by atoms with Gasteiger partial charge in [0.1, 0.15) is 28.2 Å². The summed E-state index contributed by atoms with van der Waals surface area (Å²) in [4.78, 5) is 29.1. The van der Waals surface area contributed by atoms with E-state index in [1.54, 1.807) is 37.2 Å². The number of H-pyrrole nitrogens is 2. The Hall–Kier alpha value is -4.86. The van der Waals surface area contributed by atoms with E-state index in [1.807, 2.05) is 18.2 Å². The predicted molar refractivity (Wildman–Crippen MR) is 136 cm³/mol. The van der Waals surface area contributed by atoms with Crippen LogP contribution in [0.15, 0.2) is 65.9 Å². The van der Waals surface area contributed by atoms with Crippen molar-refractivity contribution in [2.75, 3.05) is 5.32 Å². The molecule has 1 amide bonds. The molecule has 3 N–H and O–H groups in total. The number of pyridine rings is 2. The first kappa shape index (κ1) is 21.4. The molecule has 1 aromatic carbocycles. The molecule has 1 aliphatic carbocycles. The maximum Gasteiger partial charge on any atom is 0.227 e. The van der Waals surface area contributed by atoms with Crippen molar-refractivity contribution in [1.82, 2.24) is 30.1 Å². The van der Waals surface area contributed by atoms with E-state index in [9.17, 15) is 4.79 Å². The number of fused-ring (bicyclic) bond motifs is 2. The number of nitrogens with zero attached hydrogens (tertiary/aromatic N) is 4. The molecule has 1 fully saturated rings. The molecule has 0 unspecified atom stereocenters. The lowest BCUT2D eigenvalue weighted by atomic mass is 9.85. The summed E-state index contributed by atoms with van der Waals surface area (Å²) in [6.45, 7) is 0. The maximum atomic E-state index is 15.2. The predicted octanol–water partition coefficient (Wildman–Crippen LogP) is 5.70. The number of carbonyl (C=O) groups is 1. The second-order valence-electron chi connectivity index (χ2n) is 9.19. The molecule has 182 valence electrons. The monoisotopic (exact) mass is 493 g/mol. The Balaban J connectivity index is 1.29. The van der Waals surface area contributed by atoms with Gasteiger partial charge < -0.3 is 14.7 Å². The number of halogens is 1. The Morgan fingerprint density at radius 3 is 2.81 bits per heavy atom. The van der Waals surface area contributed by atoms with Gasteiger partial charge in [0.15, 0.2) is 5.82 Å². The second kappa shape index (κ2) is 8.37. The summed E-state index contributed by atoms with van der Waals surface area (Å²) in [5.74, 6) is 0.0827. The van der Waals surface area contributed by atoms with Crippen molar-refractivity contribution in [3.05, 3.63) is 67.3 Å². The van der Waals surface area contributed by atoms with Crippen LogP contribution in [0.2, 0.25) is 0 Å². The molecule has 5 aromatic heterocycles. The van der Waals surface area contributed by atoms with Crippen molar-refractivity contribution in [3.63, 3.8) is 0 Å². The van der Waals surface area contributed by atoms with Crippen LogP contribution in [0, 0.1) is 11.7 Å². The highest BCUT2D eigenvalue weighted by Crippen LogP contribution is 2.34. The summed E-state index contributed by atoms with van der Waals surface area (Å²) in [7, 11) is 0. The molecule has 10 heteroatoms. The highest BCUT2D eigenvalue weighted by Gasteiger charge is 2.25. The molecule has 0 spiro atoms. The fraction of sp³-hybridized carbons (Fsp3) is 0.148. The number of aromatic amines is 2. The van der Waals surface area contributed by atoms with Gasteiger partial charge in [-0.3, -0.25) is 19.9 Å². The van der Waals surface area contributed by atoms with E-state index >= 15 is 4.39 Å². The highest BCUT2D eigenvalue weighted by atomic mass is 19.1. The Kier molecular flexibility index (Phi) is 4.85. The van der Waals surface area contributed by atoms with E-state index in [0.29, 0.717) is 44.9 Å². The van der Waals surface area contributed by atoms with E-state index in [4.69, 9.17) is 9.40 Å². The van der Waals surface area contributed by atoms with Gasteiger partial charge in [0, 0.05) is 34.8 Å². The fourth-order valence-electron chi connectivity index (χ4n) is 4.67. The minimum atomic E-state index is -0.452. The molecule has 0 radical (unpaired) electrons. The van der Waals surface area contributed by atoms with Gasteiger partial charge in [0.05, 0.1) is 29.9 Å². The SMILES string of the molecule is O=C(Nc1cncc(-c2cc(F)c3[nH]nc(-c4nc5c(-c6ccoc6)nccc5[nH]4)c3c2)c1)C1CCC1. The van der Waals surface area contributed by atoms with Crippen LogP contribution in [0.5, 0.6) is 0 Å². The molecule has 1 saturated carbocycles. The number of hydrogen-bond acceptors (Lipinski definition) is 6. The lowest BCUT2D eigenvalue weighted by Crippen LogP contribution is -2.28.